The average Bonchev–Trinajstić information content (AvgIpc) is 2.35. The molecule has 2 aromatic rings. The number of carbonyl (C=O) groups excluding carboxylic acids is 1. The molecule has 0 saturated heterocycles. The molecule has 1 heterocycles. The predicted octanol–water partition coefficient (Wildman–Crippen LogP) is 2.79. The van der Waals surface area contributed by atoms with E-state index in [9.17, 15) is 4.79 Å². The van der Waals surface area contributed by atoms with Crippen LogP contribution in [0.3, 0.4) is 0 Å². The smallest absolute Gasteiger partial charge is 0.180 e. The highest BCUT2D eigenvalue weighted by Gasteiger charge is 2.28. The number of carbonyl (C=O) groups is 1. The van der Waals surface area contributed by atoms with E-state index < -0.39 is 6.04 Å². The number of hydrogen-bond acceptors (Lipinski definition) is 3. The Bertz CT molecular complexity index is 579. The second-order valence-corrected chi connectivity index (χ2v) is 5.61. The molecule has 1 atom stereocenters. The highest BCUT2D eigenvalue weighted by Crippen LogP contribution is 2.24. The number of aromatic nitrogens is 1. The summed E-state index contributed by atoms with van der Waals surface area (Å²) in [4.78, 5) is 16.5. The number of benzene rings is 1. The standard InChI is InChI=1S/C15H18N2O/c1-15(2,3)14(16)13(18)12-6-4-5-10-9-17-8-7-11(10)12/h4-9,14H,16H2,1-3H3. The van der Waals surface area contributed by atoms with Gasteiger partial charge in [0.05, 0.1) is 6.04 Å². The lowest BCUT2D eigenvalue weighted by Gasteiger charge is -2.26. The fraction of sp³-hybridized carbons (Fsp3) is 0.333. The van der Waals surface area contributed by atoms with Crippen molar-refractivity contribution in [3.63, 3.8) is 0 Å². The minimum Gasteiger partial charge on any atom is -0.321 e. The third-order valence-electron chi connectivity index (χ3n) is 3.16. The van der Waals surface area contributed by atoms with Crippen LogP contribution in [0.5, 0.6) is 0 Å². The van der Waals surface area contributed by atoms with Crippen LogP contribution in [-0.4, -0.2) is 16.8 Å². The predicted molar refractivity (Wildman–Crippen MR) is 73.5 cm³/mol. The summed E-state index contributed by atoms with van der Waals surface area (Å²) in [5.41, 5.74) is 6.49. The van der Waals surface area contributed by atoms with Gasteiger partial charge in [-0.3, -0.25) is 9.78 Å². The Kier molecular flexibility index (Phi) is 3.18. The van der Waals surface area contributed by atoms with Gasteiger partial charge < -0.3 is 5.73 Å². The number of ketones is 1. The minimum atomic E-state index is -0.503. The quantitative estimate of drug-likeness (QED) is 0.824. The van der Waals surface area contributed by atoms with Crippen LogP contribution in [0.1, 0.15) is 31.1 Å². The normalized spacial score (nSPS) is 13.6. The molecule has 1 aromatic carbocycles. The van der Waals surface area contributed by atoms with Crippen LogP contribution in [-0.2, 0) is 0 Å². The Morgan fingerprint density at radius 2 is 2.00 bits per heavy atom. The van der Waals surface area contributed by atoms with E-state index in [0.29, 0.717) is 5.56 Å². The van der Waals surface area contributed by atoms with Crippen molar-refractivity contribution in [3.8, 4) is 0 Å². The molecule has 0 aliphatic rings. The molecule has 3 heteroatoms. The van der Waals surface area contributed by atoms with Gasteiger partial charge in [-0.2, -0.15) is 0 Å². The molecule has 0 bridgehead atoms. The molecule has 94 valence electrons. The molecular formula is C15H18N2O. The SMILES string of the molecule is CC(C)(C)C(N)C(=O)c1cccc2cnccc12. The van der Waals surface area contributed by atoms with Crippen molar-refractivity contribution in [1.29, 1.82) is 0 Å². The highest BCUT2D eigenvalue weighted by molar-refractivity contribution is 6.10. The zero-order valence-corrected chi connectivity index (χ0v) is 11.0. The van der Waals surface area contributed by atoms with E-state index in [-0.39, 0.29) is 11.2 Å². The second kappa shape index (κ2) is 4.50. The van der Waals surface area contributed by atoms with Crippen LogP contribution < -0.4 is 5.73 Å². The van der Waals surface area contributed by atoms with Crippen molar-refractivity contribution in [2.75, 3.05) is 0 Å². The van der Waals surface area contributed by atoms with E-state index in [4.69, 9.17) is 5.73 Å². The summed E-state index contributed by atoms with van der Waals surface area (Å²) in [6.45, 7) is 5.92. The van der Waals surface area contributed by atoms with Crippen LogP contribution in [0.25, 0.3) is 10.8 Å². The maximum Gasteiger partial charge on any atom is 0.180 e. The summed E-state index contributed by atoms with van der Waals surface area (Å²) >= 11 is 0. The van der Waals surface area contributed by atoms with Crippen LogP contribution in [0, 0.1) is 5.41 Å². The van der Waals surface area contributed by atoms with Crippen molar-refractivity contribution in [2.24, 2.45) is 11.1 Å². The number of hydrogen-bond donors (Lipinski definition) is 1. The maximum atomic E-state index is 12.5. The lowest BCUT2D eigenvalue weighted by molar-refractivity contribution is 0.0903. The monoisotopic (exact) mass is 242 g/mol. The van der Waals surface area contributed by atoms with Crippen molar-refractivity contribution in [1.82, 2.24) is 4.98 Å². The molecule has 3 nitrogen and oxygen atoms in total. The molecule has 0 radical (unpaired) electrons. The third kappa shape index (κ3) is 2.27. The molecule has 0 saturated carbocycles. The first-order valence-electron chi connectivity index (χ1n) is 6.04. The summed E-state index contributed by atoms with van der Waals surface area (Å²) in [6, 6.07) is 7.00. The molecule has 0 amide bonds. The Morgan fingerprint density at radius 3 is 2.67 bits per heavy atom. The van der Waals surface area contributed by atoms with Crippen molar-refractivity contribution < 1.29 is 4.79 Å². The maximum absolute atomic E-state index is 12.5. The Morgan fingerprint density at radius 1 is 1.28 bits per heavy atom. The Balaban J connectivity index is 2.52. The van der Waals surface area contributed by atoms with Gasteiger partial charge in [0.15, 0.2) is 5.78 Å². The number of nitrogens with zero attached hydrogens (tertiary/aromatic N) is 1. The van der Waals surface area contributed by atoms with E-state index in [2.05, 4.69) is 4.98 Å². The largest absolute Gasteiger partial charge is 0.321 e. The summed E-state index contributed by atoms with van der Waals surface area (Å²) in [7, 11) is 0. The van der Waals surface area contributed by atoms with Crippen LogP contribution >= 0.6 is 0 Å². The van der Waals surface area contributed by atoms with E-state index in [1.165, 1.54) is 0 Å². The fourth-order valence-corrected chi connectivity index (χ4v) is 1.90. The molecule has 1 unspecified atom stereocenters. The van der Waals surface area contributed by atoms with Crippen LogP contribution in [0.2, 0.25) is 0 Å². The van der Waals surface area contributed by atoms with Crippen molar-refractivity contribution >= 4 is 16.6 Å². The highest BCUT2D eigenvalue weighted by atomic mass is 16.1. The number of pyridine rings is 1. The van der Waals surface area contributed by atoms with Gasteiger partial charge in [0, 0.05) is 23.3 Å². The summed E-state index contributed by atoms with van der Waals surface area (Å²) in [5, 5.41) is 1.88. The van der Waals surface area contributed by atoms with E-state index in [0.717, 1.165) is 10.8 Å². The van der Waals surface area contributed by atoms with Gasteiger partial charge in [-0.15, -0.1) is 0 Å². The van der Waals surface area contributed by atoms with Gasteiger partial charge in [-0.05, 0) is 16.9 Å². The first-order chi connectivity index (χ1) is 8.41. The molecule has 0 aliphatic heterocycles. The van der Waals surface area contributed by atoms with Gasteiger partial charge in [-0.25, -0.2) is 0 Å². The first-order valence-corrected chi connectivity index (χ1v) is 6.04. The Labute approximate surface area is 107 Å². The molecule has 18 heavy (non-hydrogen) atoms. The topological polar surface area (TPSA) is 56.0 Å². The summed E-state index contributed by atoms with van der Waals surface area (Å²) in [6.07, 6.45) is 3.45. The van der Waals surface area contributed by atoms with Crippen molar-refractivity contribution in [3.05, 3.63) is 42.2 Å². The summed E-state index contributed by atoms with van der Waals surface area (Å²) in [5.74, 6) is -0.0145. The zero-order chi connectivity index (χ0) is 13.3. The molecule has 1 aromatic heterocycles. The second-order valence-electron chi connectivity index (χ2n) is 5.61. The molecule has 2 rings (SSSR count). The van der Waals surface area contributed by atoms with Crippen LogP contribution in [0.4, 0.5) is 0 Å². The van der Waals surface area contributed by atoms with Gasteiger partial charge >= 0.3 is 0 Å². The van der Waals surface area contributed by atoms with Gasteiger partial charge in [-0.1, -0.05) is 39.0 Å². The fourth-order valence-electron chi connectivity index (χ4n) is 1.90. The van der Waals surface area contributed by atoms with E-state index in [1.54, 1.807) is 12.4 Å². The molecule has 0 spiro atoms. The van der Waals surface area contributed by atoms with E-state index >= 15 is 0 Å². The molecule has 2 N–H and O–H groups in total. The number of fused-ring (bicyclic) bond motifs is 1. The molecule has 0 fully saturated rings. The van der Waals surface area contributed by atoms with Gasteiger partial charge in [0.25, 0.3) is 0 Å². The van der Waals surface area contributed by atoms with Crippen molar-refractivity contribution in [2.45, 2.75) is 26.8 Å². The first kappa shape index (κ1) is 12.7. The number of Topliss-reactive ketones (excluding diaryl/α,β-unsaturated/α-hetero) is 1. The number of rotatable bonds is 2. The zero-order valence-electron chi connectivity index (χ0n) is 11.0. The lowest BCUT2D eigenvalue weighted by Crippen LogP contribution is -2.42. The summed E-state index contributed by atoms with van der Waals surface area (Å²) < 4.78 is 0. The number of nitrogens with two attached hydrogens (primary N) is 1. The van der Waals surface area contributed by atoms with Gasteiger partial charge in [0.1, 0.15) is 0 Å². The third-order valence-corrected chi connectivity index (χ3v) is 3.16. The molecular weight excluding hydrogens is 224 g/mol. The van der Waals surface area contributed by atoms with E-state index in [1.807, 2.05) is 45.0 Å². The minimum absolute atomic E-state index is 0.0145. The lowest BCUT2D eigenvalue weighted by atomic mass is 9.82. The average molecular weight is 242 g/mol. The van der Waals surface area contributed by atoms with Gasteiger partial charge in [0.2, 0.25) is 0 Å². The molecule has 0 aliphatic carbocycles. The Hall–Kier alpha value is -1.74. The van der Waals surface area contributed by atoms with Crippen LogP contribution in [0.15, 0.2) is 36.7 Å².